The smallest absolute Gasteiger partial charge is 0.153 e. The Morgan fingerprint density at radius 2 is 1.81 bits per heavy atom. The Balaban J connectivity index is 1.41. The molecule has 8 nitrogen and oxygen atoms in total. The molecule has 0 aliphatic heterocycles. The first kappa shape index (κ1) is 34.3. The van der Waals surface area contributed by atoms with E-state index in [9.17, 15) is 12.8 Å². The Hall–Kier alpha value is -3.99. The number of ether oxygens (including phenoxy) is 1. The van der Waals surface area contributed by atoms with Crippen molar-refractivity contribution in [2.45, 2.75) is 59.9 Å². The summed E-state index contributed by atoms with van der Waals surface area (Å²) in [6.07, 6.45) is 1.54. The third-order valence-corrected chi connectivity index (χ3v) is 10.9. The SMILES string of the molecule is CCS(=O)(=O)C(C)CNCc1oc(-c2ccc3ncnc(N(C)c4cc(C)c(OCc5cc(C)cc(F)c5)c(Cl)c4)c3c2C)cc1C. The van der Waals surface area contributed by atoms with Gasteiger partial charge in [0.2, 0.25) is 0 Å². The van der Waals surface area contributed by atoms with E-state index in [1.165, 1.54) is 12.1 Å². The van der Waals surface area contributed by atoms with Crippen LogP contribution in [0.1, 0.15) is 47.4 Å². The summed E-state index contributed by atoms with van der Waals surface area (Å²) in [5.74, 6) is 2.51. The Labute approximate surface area is 280 Å². The van der Waals surface area contributed by atoms with Crippen LogP contribution in [0.5, 0.6) is 5.75 Å². The van der Waals surface area contributed by atoms with Crippen LogP contribution in [0.25, 0.3) is 22.2 Å². The summed E-state index contributed by atoms with van der Waals surface area (Å²) in [6, 6.07) is 14.6. The summed E-state index contributed by atoms with van der Waals surface area (Å²) in [4.78, 5) is 11.2. The van der Waals surface area contributed by atoms with E-state index in [1.807, 2.05) is 76.0 Å². The number of halogens is 2. The van der Waals surface area contributed by atoms with E-state index in [-0.39, 0.29) is 18.2 Å². The zero-order chi connectivity index (χ0) is 34.0. The van der Waals surface area contributed by atoms with Gasteiger partial charge >= 0.3 is 0 Å². The van der Waals surface area contributed by atoms with Crippen molar-refractivity contribution < 1.29 is 22.0 Å². The second-order valence-electron chi connectivity index (χ2n) is 12.0. The predicted octanol–water partition coefficient (Wildman–Crippen LogP) is 8.18. The first-order valence-corrected chi connectivity index (χ1v) is 17.6. The molecule has 0 saturated heterocycles. The Morgan fingerprint density at radius 3 is 2.51 bits per heavy atom. The van der Waals surface area contributed by atoms with Gasteiger partial charge in [0.15, 0.2) is 9.84 Å². The lowest BCUT2D eigenvalue weighted by atomic mass is 10.0. The molecule has 0 saturated carbocycles. The molecule has 0 aliphatic rings. The summed E-state index contributed by atoms with van der Waals surface area (Å²) in [6.45, 7) is 12.1. The van der Waals surface area contributed by atoms with Crippen molar-refractivity contribution in [2.24, 2.45) is 0 Å². The van der Waals surface area contributed by atoms with E-state index in [0.717, 1.165) is 55.7 Å². The first-order chi connectivity index (χ1) is 22.3. The van der Waals surface area contributed by atoms with E-state index in [1.54, 1.807) is 20.2 Å². The number of hydrogen-bond donors (Lipinski definition) is 1. The first-order valence-electron chi connectivity index (χ1n) is 15.5. The number of aromatic nitrogens is 2. The molecule has 0 aliphatic carbocycles. The van der Waals surface area contributed by atoms with Gasteiger partial charge in [0.25, 0.3) is 0 Å². The molecule has 3 aromatic carbocycles. The van der Waals surface area contributed by atoms with Gasteiger partial charge in [0.05, 0.1) is 22.3 Å². The zero-order valence-electron chi connectivity index (χ0n) is 27.7. The fourth-order valence-corrected chi connectivity index (χ4v) is 6.97. The van der Waals surface area contributed by atoms with Crippen LogP contribution in [-0.2, 0) is 23.0 Å². The van der Waals surface area contributed by atoms with Gasteiger partial charge in [-0.1, -0.05) is 24.6 Å². The van der Waals surface area contributed by atoms with Gasteiger partial charge in [-0.2, -0.15) is 0 Å². The number of furan rings is 1. The van der Waals surface area contributed by atoms with Crippen LogP contribution in [0.4, 0.5) is 15.9 Å². The maximum Gasteiger partial charge on any atom is 0.153 e. The third-order valence-electron chi connectivity index (χ3n) is 8.47. The van der Waals surface area contributed by atoms with Gasteiger partial charge in [-0.15, -0.1) is 0 Å². The molecular formula is C36H40ClFN4O4S. The summed E-state index contributed by atoms with van der Waals surface area (Å²) >= 11 is 6.74. The molecule has 5 rings (SSSR count). The van der Waals surface area contributed by atoms with Crippen LogP contribution in [0, 0.1) is 33.5 Å². The number of anilines is 2. The molecule has 2 heterocycles. The molecule has 0 radical (unpaired) electrons. The highest BCUT2D eigenvalue weighted by molar-refractivity contribution is 7.92. The lowest BCUT2D eigenvalue weighted by Crippen LogP contribution is -2.31. The topological polar surface area (TPSA) is 97.6 Å². The number of hydrogen-bond acceptors (Lipinski definition) is 8. The number of sulfone groups is 1. The van der Waals surface area contributed by atoms with E-state index < -0.39 is 15.1 Å². The molecule has 0 fully saturated rings. The molecule has 1 N–H and O–H groups in total. The number of rotatable bonds is 12. The fraction of sp³-hybridized carbons (Fsp3) is 0.333. The minimum atomic E-state index is -3.12. The van der Waals surface area contributed by atoms with E-state index in [0.29, 0.717) is 35.4 Å². The molecule has 2 aromatic heterocycles. The van der Waals surface area contributed by atoms with Crippen molar-refractivity contribution >= 4 is 43.8 Å². The van der Waals surface area contributed by atoms with Gasteiger partial charge in [0.1, 0.15) is 41.8 Å². The van der Waals surface area contributed by atoms with Gasteiger partial charge in [0, 0.05) is 36.0 Å². The van der Waals surface area contributed by atoms with Crippen molar-refractivity contribution in [1.29, 1.82) is 0 Å². The third kappa shape index (κ3) is 7.45. The van der Waals surface area contributed by atoms with Crippen LogP contribution in [-0.4, -0.2) is 43.0 Å². The number of aryl methyl sites for hydroxylation is 4. The highest BCUT2D eigenvalue weighted by atomic mass is 35.5. The normalized spacial score (nSPS) is 12.4. The molecule has 0 amide bonds. The summed E-state index contributed by atoms with van der Waals surface area (Å²) < 4.78 is 50.5. The highest BCUT2D eigenvalue weighted by Gasteiger charge is 2.21. The second-order valence-corrected chi connectivity index (χ2v) is 15.1. The number of nitrogens with one attached hydrogen (secondary N) is 1. The summed E-state index contributed by atoms with van der Waals surface area (Å²) in [7, 11) is -1.19. The van der Waals surface area contributed by atoms with Gasteiger partial charge in [-0.3, -0.25) is 0 Å². The number of fused-ring (bicyclic) bond motifs is 1. The van der Waals surface area contributed by atoms with Crippen molar-refractivity contribution in [2.75, 3.05) is 24.2 Å². The van der Waals surface area contributed by atoms with Crippen molar-refractivity contribution in [3.05, 3.63) is 99.3 Å². The van der Waals surface area contributed by atoms with Gasteiger partial charge < -0.3 is 19.4 Å². The summed E-state index contributed by atoms with van der Waals surface area (Å²) in [5.41, 5.74) is 6.81. The van der Waals surface area contributed by atoms with Gasteiger partial charge in [-0.25, -0.2) is 22.8 Å². The van der Waals surface area contributed by atoms with E-state index in [4.69, 9.17) is 20.8 Å². The van der Waals surface area contributed by atoms with E-state index in [2.05, 4.69) is 15.3 Å². The maximum absolute atomic E-state index is 13.9. The average molecular weight is 679 g/mol. The molecule has 11 heteroatoms. The summed E-state index contributed by atoms with van der Waals surface area (Å²) in [5, 5.41) is 4.06. The molecule has 1 unspecified atom stereocenters. The standard InChI is InChI=1S/C36H40ClFN4O4S/c1-8-47(43,44)24(5)17-39-18-33-22(3)14-32(46-33)29-9-10-31-34(25(29)6)36(41-20-40-31)42(7)28-13-23(4)35(30(37)16-28)45-19-26-11-21(2)12-27(38)15-26/h9-16,20,24,39H,8,17-19H2,1-7H3. The average Bonchev–Trinajstić information content (AvgIpc) is 3.39. The maximum atomic E-state index is 13.9. The van der Waals surface area contributed by atoms with Crippen LogP contribution >= 0.6 is 11.6 Å². The largest absolute Gasteiger partial charge is 0.487 e. The van der Waals surface area contributed by atoms with Crippen LogP contribution in [0.2, 0.25) is 5.02 Å². The van der Waals surface area contributed by atoms with Crippen molar-refractivity contribution in [3.63, 3.8) is 0 Å². The lowest BCUT2D eigenvalue weighted by molar-refractivity contribution is 0.303. The molecule has 0 bridgehead atoms. The zero-order valence-corrected chi connectivity index (χ0v) is 29.3. The van der Waals surface area contributed by atoms with E-state index >= 15 is 0 Å². The minimum absolute atomic E-state index is 0.117. The molecule has 248 valence electrons. The highest BCUT2D eigenvalue weighted by Crippen LogP contribution is 2.39. The quantitative estimate of drug-likeness (QED) is 0.141. The molecular weight excluding hydrogens is 639 g/mol. The predicted molar refractivity (Wildman–Crippen MR) is 187 cm³/mol. The monoisotopic (exact) mass is 678 g/mol. The number of nitrogens with zero attached hydrogens (tertiary/aromatic N) is 3. The van der Waals surface area contributed by atoms with Gasteiger partial charge in [-0.05, 0) is 105 Å². The molecule has 47 heavy (non-hydrogen) atoms. The molecule has 5 aromatic rings. The Morgan fingerprint density at radius 1 is 1.04 bits per heavy atom. The molecule has 1 atom stereocenters. The lowest BCUT2D eigenvalue weighted by Gasteiger charge is -2.23. The Kier molecular flexibility index (Phi) is 10.2. The van der Waals surface area contributed by atoms with Crippen LogP contribution in [0.15, 0.2) is 59.3 Å². The van der Waals surface area contributed by atoms with Crippen molar-refractivity contribution in [3.8, 4) is 17.1 Å². The second kappa shape index (κ2) is 14.0. The van der Waals surface area contributed by atoms with Crippen LogP contribution in [0.3, 0.4) is 0 Å². The minimum Gasteiger partial charge on any atom is -0.487 e. The fourth-order valence-electron chi connectivity index (χ4n) is 5.71. The number of benzene rings is 3. The van der Waals surface area contributed by atoms with Crippen molar-refractivity contribution in [1.82, 2.24) is 15.3 Å². The molecule has 0 spiro atoms. The van der Waals surface area contributed by atoms with Crippen LogP contribution < -0.4 is 15.0 Å². The Bertz CT molecular complexity index is 2000.